The number of carbonyl (C=O) groups excluding carboxylic acids is 3. The number of carbonyl (C=O) groups is 3. The lowest BCUT2D eigenvalue weighted by atomic mass is 9.95. The molecule has 0 radical (unpaired) electrons. The van der Waals surface area contributed by atoms with Crippen molar-refractivity contribution in [2.24, 2.45) is 0 Å². The van der Waals surface area contributed by atoms with E-state index in [1.807, 2.05) is 0 Å². The van der Waals surface area contributed by atoms with Crippen LogP contribution in [-0.2, 0) is 9.53 Å². The second-order valence-corrected chi connectivity index (χ2v) is 6.98. The average Bonchev–Trinajstić information content (AvgIpc) is 2.91. The summed E-state index contributed by atoms with van der Waals surface area (Å²) < 4.78 is 4.80. The average molecular weight is 352 g/mol. The van der Waals surface area contributed by atoms with Gasteiger partial charge in [-0.15, -0.1) is 11.3 Å². The molecule has 0 aliphatic heterocycles. The molecule has 1 aliphatic rings. The molecule has 132 valence electrons. The molecule has 2 amide bonds. The van der Waals surface area contributed by atoms with Crippen molar-refractivity contribution in [3.8, 4) is 0 Å². The number of esters is 1. The molecule has 0 saturated heterocycles. The summed E-state index contributed by atoms with van der Waals surface area (Å²) in [5, 5.41) is 6.12. The van der Waals surface area contributed by atoms with E-state index in [9.17, 15) is 14.4 Å². The van der Waals surface area contributed by atoms with Crippen molar-refractivity contribution in [1.82, 2.24) is 5.32 Å². The van der Waals surface area contributed by atoms with Crippen LogP contribution in [0, 0.1) is 6.92 Å². The summed E-state index contributed by atoms with van der Waals surface area (Å²) in [6.07, 6.45) is 5.73. The van der Waals surface area contributed by atoms with Gasteiger partial charge in [-0.3, -0.25) is 9.59 Å². The van der Waals surface area contributed by atoms with Gasteiger partial charge in [0.25, 0.3) is 5.91 Å². The first-order valence-corrected chi connectivity index (χ1v) is 9.12. The first kappa shape index (κ1) is 18.4. The molecule has 1 aliphatic carbocycles. The molecule has 2 rings (SSSR count). The standard InChI is InChI=1S/C17H24N2O4S/c1-4-12(20)19-16-13(17(22)23-3)10(2)14(24-16)15(21)18-11-8-6-5-7-9-11/h11H,4-9H2,1-3H3,(H,18,21)(H,19,20). The van der Waals surface area contributed by atoms with E-state index in [0.29, 0.717) is 21.9 Å². The van der Waals surface area contributed by atoms with Crippen molar-refractivity contribution in [3.05, 3.63) is 16.0 Å². The maximum absolute atomic E-state index is 12.6. The molecule has 0 bridgehead atoms. The van der Waals surface area contributed by atoms with E-state index < -0.39 is 5.97 Å². The fourth-order valence-corrected chi connectivity index (χ4v) is 3.99. The minimum Gasteiger partial charge on any atom is -0.465 e. The van der Waals surface area contributed by atoms with Gasteiger partial charge in [-0.05, 0) is 25.3 Å². The number of hydrogen-bond donors (Lipinski definition) is 2. The van der Waals surface area contributed by atoms with Crippen LogP contribution >= 0.6 is 11.3 Å². The second-order valence-electron chi connectivity index (χ2n) is 5.96. The lowest BCUT2D eigenvalue weighted by Crippen LogP contribution is -2.36. The van der Waals surface area contributed by atoms with Gasteiger partial charge in [0.15, 0.2) is 0 Å². The minimum atomic E-state index is -0.549. The highest BCUT2D eigenvalue weighted by Gasteiger charge is 2.27. The molecule has 0 atom stereocenters. The molecule has 0 unspecified atom stereocenters. The van der Waals surface area contributed by atoms with Crippen LogP contribution in [0.25, 0.3) is 0 Å². The predicted molar refractivity (Wildman–Crippen MR) is 93.7 cm³/mol. The van der Waals surface area contributed by atoms with Gasteiger partial charge in [0, 0.05) is 12.5 Å². The van der Waals surface area contributed by atoms with Gasteiger partial charge >= 0.3 is 5.97 Å². The van der Waals surface area contributed by atoms with Gasteiger partial charge in [-0.1, -0.05) is 26.2 Å². The molecule has 2 N–H and O–H groups in total. The molecule has 0 aromatic carbocycles. The van der Waals surface area contributed by atoms with Gasteiger partial charge in [-0.25, -0.2) is 4.79 Å². The maximum Gasteiger partial charge on any atom is 0.341 e. The number of methoxy groups -OCH3 is 1. The Kier molecular flexibility index (Phi) is 6.36. The second kappa shape index (κ2) is 8.28. The van der Waals surface area contributed by atoms with Gasteiger partial charge in [-0.2, -0.15) is 0 Å². The lowest BCUT2D eigenvalue weighted by Gasteiger charge is -2.22. The van der Waals surface area contributed by atoms with Crippen molar-refractivity contribution in [1.29, 1.82) is 0 Å². The van der Waals surface area contributed by atoms with Crippen molar-refractivity contribution in [2.75, 3.05) is 12.4 Å². The van der Waals surface area contributed by atoms with E-state index in [0.717, 1.165) is 37.0 Å². The van der Waals surface area contributed by atoms with Crippen LogP contribution in [0.5, 0.6) is 0 Å². The van der Waals surface area contributed by atoms with Gasteiger partial charge in [0.05, 0.1) is 17.6 Å². The molecule has 1 aromatic rings. The lowest BCUT2D eigenvalue weighted by molar-refractivity contribution is -0.115. The Morgan fingerprint density at radius 2 is 1.88 bits per heavy atom. The Balaban J connectivity index is 2.26. The van der Waals surface area contributed by atoms with Crippen LogP contribution in [0.4, 0.5) is 5.00 Å². The molecule has 6 nitrogen and oxygen atoms in total. The third-order valence-corrected chi connectivity index (χ3v) is 5.46. The number of nitrogens with one attached hydrogen (secondary N) is 2. The summed E-state index contributed by atoms with van der Waals surface area (Å²) in [6, 6.07) is 0.183. The summed E-state index contributed by atoms with van der Waals surface area (Å²) in [6.45, 7) is 3.43. The van der Waals surface area contributed by atoms with E-state index in [2.05, 4.69) is 10.6 Å². The minimum absolute atomic E-state index is 0.183. The predicted octanol–water partition coefficient (Wildman–Crippen LogP) is 3.25. The first-order valence-electron chi connectivity index (χ1n) is 8.30. The van der Waals surface area contributed by atoms with E-state index in [4.69, 9.17) is 4.74 Å². The molecular formula is C17H24N2O4S. The van der Waals surface area contributed by atoms with Crippen LogP contribution in [-0.4, -0.2) is 30.9 Å². The molecule has 1 saturated carbocycles. The Morgan fingerprint density at radius 3 is 2.46 bits per heavy atom. The Labute approximate surface area is 146 Å². The summed E-state index contributed by atoms with van der Waals surface area (Å²) >= 11 is 1.13. The van der Waals surface area contributed by atoms with E-state index in [1.54, 1.807) is 13.8 Å². The largest absolute Gasteiger partial charge is 0.465 e. The maximum atomic E-state index is 12.6. The van der Waals surface area contributed by atoms with Crippen LogP contribution in [0.15, 0.2) is 0 Å². The van der Waals surface area contributed by atoms with Crippen LogP contribution in [0.1, 0.15) is 71.0 Å². The van der Waals surface area contributed by atoms with Gasteiger partial charge in [0.2, 0.25) is 5.91 Å². The Hall–Kier alpha value is -1.89. The molecule has 1 heterocycles. The molecule has 0 spiro atoms. The third kappa shape index (κ3) is 4.14. The fraction of sp³-hybridized carbons (Fsp3) is 0.588. The number of rotatable bonds is 5. The zero-order valence-corrected chi connectivity index (χ0v) is 15.2. The smallest absolute Gasteiger partial charge is 0.341 e. The SMILES string of the molecule is CCC(=O)Nc1sc(C(=O)NC2CCCCC2)c(C)c1C(=O)OC. The highest BCUT2D eigenvalue weighted by atomic mass is 32.1. The van der Waals surface area contributed by atoms with Crippen LogP contribution in [0.2, 0.25) is 0 Å². The number of amides is 2. The zero-order valence-electron chi connectivity index (χ0n) is 14.4. The first-order chi connectivity index (χ1) is 11.5. The molecule has 1 aromatic heterocycles. The fourth-order valence-electron chi connectivity index (χ4n) is 2.88. The van der Waals surface area contributed by atoms with Gasteiger partial charge < -0.3 is 15.4 Å². The number of hydrogen-bond acceptors (Lipinski definition) is 5. The monoisotopic (exact) mass is 352 g/mol. The summed E-state index contributed by atoms with van der Waals surface area (Å²) in [5.74, 6) is -0.945. The Morgan fingerprint density at radius 1 is 1.21 bits per heavy atom. The van der Waals surface area contributed by atoms with E-state index >= 15 is 0 Å². The van der Waals surface area contributed by atoms with Crippen molar-refractivity contribution < 1.29 is 19.1 Å². The summed E-state index contributed by atoms with van der Waals surface area (Å²) in [7, 11) is 1.28. The topological polar surface area (TPSA) is 84.5 Å². The Bertz CT molecular complexity index is 633. The summed E-state index contributed by atoms with van der Waals surface area (Å²) in [5.41, 5.74) is 0.810. The van der Waals surface area contributed by atoms with Crippen LogP contribution < -0.4 is 10.6 Å². The summed E-state index contributed by atoms with van der Waals surface area (Å²) in [4.78, 5) is 36.8. The molecule has 1 fully saturated rings. The molecule has 7 heteroatoms. The third-order valence-electron chi connectivity index (χ3n) is 4.26. The van der Waals surface area contributed by atoms with Crippen molar-refractivity contribution in [3.63, 3.8) is 0 Å². The highest BCUT2D eigenvalue weighted by Crippen LogP contribution is 2.34. The zero-order chi connectivity index (χ0) is 17.7. The normalized spacial score (nSPS) is 15.0. The number of thiophene rings is 1. The molecular weight excluding hydrogens is 328 g/mol. The van der Waals surface area contributed by atoms with Crippen LogP contribution in [0.3, 0.4) is 0 Å². The van der Waals surface area contributed by atoms with E-state index in [-0.39, 0.29) is 23.4 Å². The quantitative estimate of drug-likeness (QED) is 0.797. The molecule has 24 heavy (non-hydrogen) atoms. The van der Waals surface area contributed by atoms with Gasteiger partial charge in [0.1, 0.15) is 5.00 Å². The highest BCUT2D eigenvalue weighted by molar-refractivity contribution is 7.18. The number of ether oxygens (including phenoxy) is 1. The van der Waals surface area contributed by atoms with Crippen molar-refractivity contribution in [2.45, 2.75) is 58.4 Å². The van der Waals surface area contributed by atoms with E-state index in [1.165, 1.54) is 13.5 Å². The number of anilines is 1. The van der Waals surface area contributed by atoms with Crippen molar-refractivity contribution >= 4 is 34.1 Å².